The second-order valence-electron chi connectivity index (χ2n) is 0. The van der Waals surface area contributed by atoms with E-state index in [1.54, 1.807) is 0 Å². The summed E-state index contributed by atoms with van der Waals surface area (Å²) in [5, 5.41) is 0. The normalized spacial score (nSPS) is 0. The average molecular weight is 282 g/mol. The first-order valence-corrected chi connectivity index (χ1v) is 0. The van der Waals surface area contributed by atoms with Gasteiger partial charge in [0.05, 0.1) is 0 Å². The van der Waals surface area contributed by atoms with E-state index in [0.29, 0.717) is 0 Å². The van der Waals surface area contributed by atoms with E-state index in [1.807, 2.05) is 0 Å². The molecule has 37 valence electrons. The summed E-state index contributed by atoms with van der Waals surface area (Å²) in [6.45, 7) is 0. The zero-order chi connectivity index (χ0) is 0. The Kier molecular flexibility index (Phi) is 155. The van der Waals surface area contributed by atoms with E-state index in [-0.39, 0.29) is 73.6 Å². The van der Waals surface area contributed by atoms with Crippen molar-refractivity contribution in [3.63, 3.8) is 0 Å². The zero-order valence-electron chi connectivity index (χ0n) is 1.33. The zero-order valence-corrected chi connectivity index (χ0v) is 6.04. The molecule has 0 saturated carbocycles. The van der Waals surface area contributed by atoms with Gasteiger partial charge in [-0.25, -0.2) is 0 Å². The molecule has 0 aromatic rings. The molecule has 4 heavy (non-hydrogen) atoms. The first-order valence-electron chi connectivity index (χ1n) is 0. The summed E-state index contributed by atoms with van der Waals surface area (Å²) in [4.78, 5) is 0. The third kappa shape index (κ3) is 8.85. The Morgan fingerprint density at radius 1 is 1.00 bits per heavy atom. The van der Waals surface area contributed by atoms with E-state index in [1.165, 1.54) is 0 Å². The summed E-state index contributed by atoms with van der Waals surface area (Å²) < 4.78 is 0. The molecule has 0 bridgehead atoms. The summed E-state index contributed by atoms with van der Waals surface area (Å²) in [7, 11) is 0. The van der Waals surface area contributed by atoms with Gasteiger partial charge in [-0.3, -0.25) is 0 Å². The Morgan fingerprint density at radius 2 is 1.00 bits per heavy atom. The summed E-state index contributed by atoms with van der Waals surface area (Å²) >= 11 is 0. The molecule has 0 aromatic carbocycles. The first-order chi connectivity index (χ1) is 0. The fraction of sp³-hybridized carbons (Fsp3) is 0. The molecule has 0 unspecified atom stereocenters. The second-order valence-corrected chi connectivity index (χ2v) is 0. The molecule has 0 aliphatic rings. The van der Waals surface area contributed by atoms with Crippen LogP contribution in [-0.2, 0) is 73.6 Å². The van der Waals surface area contributed by atoms with Crippen LogP contribution in [0.2, 0.25) is 0 Å². The fourth-order valence-electron chi connectivity index (χ4n) is 0. The largest absolute Gasteiger partial charge is 0 e. The molecule has 0 atom stereocenters. The summed E-state index contributed by atoms with van der Waals surface area (Å²) in [6.07, 6.45) is 0. The van der Waals surface area contributed by atoms with Crippen LogP contribution in [0.3, 0.4) is 0 Å². The second kappa shape index (κ2) is 18.5. The van der Waals surface area contributed by atoms with Crippen LogP contribution >= 0.6 is 0 Å². The van der Waals surface area contributed by atoms with Gasteiger partial charge < -0.3 is 0 Å². The van der Waals surface area contributed by atoms with Crippen molar-refractivity contribution >= 4 is 0 Å². The Hall–Kier alpha value is 2.30. The Morgan fingerprint density at radius 3 is 1.00 bits per heavy atom. The standard InChI is InChI=1S/Ag.Cu.Fe.Mn. The van der Waals surface area contributed by atoms with Gasteiger partial charge in [0, 0.05) is 73.6 Å². The van der Waals surface area contributed by atoms with Crippen molar-refractivity contribution in [2.24, 2.45) is 0 Å². The molecule has 3 radical (unpaired) electrons. The molecule has 0 amide bonds. The van der Waals surface area contributed by atoms with E-state index in [9.17, 15) is 0 Å². The maximum absolute atomic E-state index is 0. The van der Waals surface area contributed by atoms with Gasteiger partial charge in [-0.05, 0) is 0 Å². The van der Waals surface area contributed by atoms with Crippen LogP contribution in [0, 0.1) is 0 Å². The summed E-state index contributed by atoms with van der Waals surface area (Å²) in [5.41, 5.74) is 0. The smallest absolute Gasteiger partial charge is 0 e. The molecule has 4 heteroatoms. The molecule has 0 heterocycles. The van der Waals surface area contributed by atoms with Crippen LogP contribution in [0.5, 0.6) is 0 Å². The molecule has 0 N–H and O–H groups in total. The predicted molar refractivity (Wildman–Crippen MR) is 0 cm³/mol. The topological polar surface area (TPSA) is 0 Å². The van der Waals surface area contributed by atoms with Crippen LogP contribution in [0.1, 0.15) is 0 Å². The predicted octanol–water partition coefficient (Wildman–Crippen LogP) is -0.0100. The Bertz CT molecular complexity index is 8.00. The summed E-state index contributed by atoms with van der Waals surface area (Å²) in [6, 6.07) is 0. The van der Waals surface area contributed by atoms with Crippen molar-refractivity contribution in [2.45, 2.75) is 0 Å². The van der Waals surface area contributed by atoms with Crippen molar-refractivity contribution in [1.82, 2.24) is 0 Å². The Labute approximate surface area is 72.8 Å². The van der Waals surface area contributed by atoms with E-state index in [0.717, 1.165) is 0 Å². The minimum absolute atomic E-state index is 0. The fourth-order valence-corrected chi connectivity index (χ4v) is 0. The molecule has 0 rings (SSSR count). The number of hydrogen-bond acceptors (Lipinski definition) is 0. The van der Waals surface area contributed by atoms with Gasteiger partial charge in [-0.15, -0.1) is 0 Å². The van der Waals surface area contributed by atoms with E-state index < -0.39 is 0 Å². The van der Waals surface area contributed by atoms with Crippen molar-refractivity contribution in [2.75, 3.05) is 0 Å². The van der Waals surface area contributed by atoms with Crippen molar-refractivity contribution in [3.8, 4) is 0 Å². The van der Waals surface area contributed by atoms with Crippen LogP contribution in [0.25, 0.3) is 0 Å². The van der Waals surface area contributed by atoms with Gasteiger partial charge in [0.25, 0.3) is 0 Å². The van der Waals surface area contributed by atoms with Crippen LogP contribution in [0.15, 0.2) is 0 Å². The van der Waals surface area contributed by atoms with Gasteiger partial charge in [-0.1, -0.05) is 0 Å². The third-order valence-corrected chi connectivity index (χ3v) is 0. The van der Waals surface area contributed by atoms with Crippen molar-refractivity contribution in [3.05, 3.63) is 0 Å². The minimum Gasteiger partial charge on any atom is 0 e. The van der Waals surface area contributed by atoms with Crippen molar-refractivity contribution < 1.29 is 73.6 Å². The molecule has 0 aromatic heterocycles. The van der Waals surface area contributed by atoms with E-state index in [2.05, 4.69) is 0 Å². The monoisotopic (exact) mass is 281 g/mol. The molecule has 0 nitrogen and oxygen atoms in total. The molecule has 0 saturated heterocycles. The number of hydrogen-bond donors (Lipinski definition) is 0. The molecule has 0 spiro atoms. The quantitative estimate of drug-likeness (QED) is 0.548. The third-order valence-electron chi connectivity index (χ3n) is 0. The van der Waals surface area contributed by atoms with Gasteiger partial charge >= 0.3 is 0 Å². The van der Waals surface area contributed by atoms with Gasteiger partial charge in [0.2, 0.25) is 0 Å². The van der Waals surface area contributed by atoms with Crippen LogP contribution in [0.4, 0.5) is 0 Å². The molecular formula is AgCuFeMn. The van der Waals surface area contributed by atoms with Gasteiger partial charge in [0.1, 0.15) is 0 Å². The van der Waals surface area contributed by atoms with E-state index in [4.69, 9.17) is 0 Å². The van der Waals surface area contributed by atoms with Gasteiger partial charge in [-0.2, -0.15) is 0 Å². The molecule has 0 fully saturated rings. The van der Waals surface area contributed by atoms with Crippen LogP contribution < -0.4 is 0 Å². The first kappa shape index (κ1) is 33.5. The Balaban J connectivity index is 0. The SMILES string of the molecule is [Ag].[Cu].[Fe].[Mn]. The molecule has 0 aliphatic heterocycles. The average Bonchev–Trinajstić information content (AvgIpc) is 0. The van der Waals surface area contributed by atoms with Gasteiger partial charge in [0.15, 0.2) is 0 Å². The van der Waals surface area contributed by atoms with Crippen LogP contribution in [-0.4, -0.2) is 0 Å². The maximum atomic E-state index is 0. The molecular weight excluding hydrogens is 282 g/mol. The molecule has 0 aliphatic carbocycles. The number of rotatable bonds is 0. The summed E-state index contributed by atoms with van der Waals surface area (Å²) in [5.74, 6) is 0. The van der Waals surface area contributed by atoms with E-state index >= 15 is 0 Å². The van der Waals surface area contributed by atoms with Crippen molar-refractivity contribution in [1.29, 1.82) is 0 Å². The minimum atomic E-state index is 0. The maximum Gasteiger partial charge on any atom is 0 e.